The molecule has 1 aromatic heterocycles. The minimum Gasteiger partial charge on any atom is -0.463 e. The molecular formula is C30H25N3O2. The van der Waals surface area contributed by atoms with Crippen molar-refractivity contribution in [2.45, 2.75) is 20.0 Å². The van der Waals surface area contributed by atoms with Crippen LogP contribution in [0.2, 0.25) is 0 Å². The molecule has 1 amide bonds. The number of nitrogens with zero attached hydrogens (tertiary/aromatic N) is 2. The van der Waals surface area contributed by atoms with Gasteiger partial charge < -0.3 is 10.1 Å². The van der Waals surface area contributed by atoms with Gasteiger partial charge in [-0.1, -0.05) is 96.6 Å². The zero-order valence-corrected chi connectivity index (χ0v) is 19.6. The van der Waals surface area contributed by atoms with Crippen LogP contribution < -0.4 is 10.1 Å². The van der Waals surface area contributed by atoms with Crippen LogP contribution in [-0.2, 0) is 4.79 Å². The summed E-state index contributed by atoms with van der Waals surface area (Å²) in [6.07, 6.45) is -0.776. The summed E-state index contributed by atoms with van der Waals surface area (Å²) >= 11 is 0. The minimum atomic E-state index is -0.776. The third-order valence-electron chi connectivity index (χ3n) is 5.91. The molecule has 1 N–H and O–H groups in total. The number of hydrogen-bond acceptors (Lipinski definition) is 4. The maximum atomic E-state index is 13.1. The topological polar surface area (TPSA) is 64.1 Å². The van der Waals surface area contributed by atoms with Gasteiger partial charge in [-0.2, -0.15) is 0 Å². The first-order chi connectivity index (χ1) is 17.1. The average molecular weight is 460 g/mol. The van der Waals surface area contributed by atoms with Crippen LogP contribution in [0, 0.1) is 6.92 Å². The molecule has 5 rings (SSSR count). The Balaban J connectivity index is 1.40. The molecule has 35 heavy (non-hydrogen) atoms. The zero-order chi connectivity index (χ0) is 24.2. The van der Waals surface area contributed by atoms with Crippen LogP contribution in [0.1, 0.15) is 12.5 Å². The van der Waals surface area contributed by atoms with Gasteiger partial charge in [0.2, 0.25) is 5.88 Å². The Morgan fingerprint density at radius 3 is 2.17 bits per heavy atom. The predicted octanol–water partition coefficient (Wildman–Crippen LogP) is 6.68. The first-order valence-corrected chi connectivity index (χ1v) is 11.5. The van der Waals surface area contributed by atoms with E-state index >= 15 is 0 Å². The number of benzene rings is 4. The van der Waals surface area contributed by atoms with Gasteiger partial charge in [-0.3, -0.25) is 4.79 Å². The third kappa shape index (κ3) is 4.75. The normalized spacial score (nSPS) is 11.7. The number of aryl methyl sites for hydroxylation is 1. The van der Waals surface area contributed by atoms with Crippen LogP contribution in [-0.4, -0.2) is 22.2 Å². The average Bonchev–Trinajstić information content (AvgIpc) is 2.90. The van der Waals surface area contributed by atoms with Crippen molar-refractivity contribution in [2.24, 2.45) is 0 Å². The highest BCUT2D eigenvalue weighted by Crippen LogP contribution is 2.32. The van der Waals surface area contributed by atoms with Crippen molar-refractivity contribution in [1.82, 2.24) is 10.2 Å². The van der Waals surface area contributed by atoms with Gasteiger partial charge in [0.15, 0.2) is 6.10 Å². The Kier molecular flexibility index (Phi) is 6.22. The molecule has 5 aromatic rings. The van der Waals surface area contributed by atoms with E-state index in [1.807, 2.05) is 91.0 Å². The summed E-state index contributed by atoms with van der Waals surface area (Å²) in [6.45, 7) is 3.76. The zero-order valence-electron chi connectivity index (χ0n) is 19.6. The highest BCUT2D eigenvalue weighted by molar-refractivity contribution is 5.99. The predicted molar refractivity (Wildman–Crippen MR) is 140 cm³/mol. The lowest BCUT2D eigenvalue weighted by Gasteiger charge is -2.17. The van der Waals surface area contributed by atoms with Crippen molar-refractivity contribution < 1.29 is 9.53 Å². The quantitative estimate of drug-likeness (QED) is 0.308. The van der Waals surface area contributed by atoms with Crippen LogP contribution in [0.25, 0.3) is 33.2 Å². The number of ether oxygens (including phenoxy) is 1. The Bertz CT molecular complexity index is 1480. The maximum absolute atomic E-state index is 13.1. The molecule has 0 bridgehead atoms. The lowest BCUT2D eigenvalue weighted by Crippen LogP contribution is -2.30. The van der Waals surface area contributed by atoms with Crippen LogP contribution in [0.4, 0.5) is 5.69 Å². The van der Waals surface area contributed by atoms with Crippen molar-refractivity contribution >= 4 is 22.4 Å². The summed E-state index contributed by atoms with van der Waals surface area (Å²) in [5.41, 5.74) is 5.64. The first kappa shape index (κ1) is 22.3. The Morgan fingerprint density at radius 1 is 0.743 bits per heavy atom. The number of anilines is 1. The SMILES string of the molecule is Cc1ccc(-c2nnc(O[C@H](C)C(=O)Nc3ccccc3-c3ccccc3)c3ccccc23)cc1. The Hall–Kier alpha value is -4.51. The third-order valence-corrected chi connectivity index (χ3v) is 5.91. The van der Waals surface area contributed by atoms with Gasteiger partial charge in [-0.15, -0.1) is 10.2 Å². The fourth-order valence-corrected chi connectivity index (χ4v) is 4.01. The molecule has 172 valence electrons. The van der Waals surface area contributed by atoms with Gasteiger partial charge in [-0.25, -0.2) is 0 Å². The second kappa shape index (κ2) is 9.77. The van der Waals surface area contributed by atoms with E-state index in [1.165, 1.54) is 5.56 Å². The number of para-hydroxylation sites is 1. The summed E-state index contributed by atoms with van der Waals surface area (Å²) in [6, 6.07) is 33.7. The van der Waals surface area contributed by atoms with Crippen LogP contribution in [0.15, 0.2) is 103 Å². The lowest BCUT2D eigenvalue weighted by atomic mass is 10.0. The number of fused-ring (bicyclic) bond motifs is 1. The van der Waals surface area contributed by atoms with E-state index in [0.717, 1.165) is 38.8 Å². The van der Waals surface area contributed by atoms with Gasteiger partial charge in [-0.05, 0) is 31.5 Å². The first-order valence-electron chi connectivity index (χ1n) is 11.5. The van der Waals surface area contributed by atoms with Gasteiger partial charge in [0, 0.05) is 27.6 Å². The van der Waals surface area contributed by atoms with Crippen molar-refractivity contribution in [2.75, 3.05) is 5.32 Å². The molecule has 5 heteroatoms. The van der Waals surface area contributed by atoms with E-state index in [9.17, 15) is 4.79 Å². The van der Waals surface area contributed by atoms with E-state index in [1.54, 1.807) is 6.92 Å². The van der Waals surface area contributed by atoms with Crippen LogP contribution in [0.3, 0.4) is 0 Å². The van der Waals surface area contributed by atoms with E-state index in [-0.39, 0.29) is 5.91 Å². The van der Waals surface area contributed by atoms with Crippen molar-refractivity contribution in [3.63, 3.8) is 0 Å². The highest BCUT2D eigenvalue weighted by Gasteiger charge is 2.20. The molecule has 0 aliphatic rings. The van der Waals surface area contributed by atoms with Crippen molar-refractivity contribution in [3.05, 3.63) is 109 Å². The molecule has 1 atom stereocenters. The summed E-state index contributed by atoms with van der Waals surface area (Å²) in [7, 11) is 0. The summed E-state index contributed by atoms with van der Waals surface area (Å²) in [4.78, 5) is 13.1. The molecule has 5 nitrogen and oxygen atoms in total. The van der Waals surface area contributed by atoms with Gasteiger partial charge in [0.1, 0.15) is 5.69 Å². The molecule has 0 spiro atoms. The maximum Gasteiger partial charge on any atom is 0.265 e. The van der Waals surface area contributed by atoms with Crippen LogP contribution in [0.5, 0.6) is 5.88 Å². The van der Waals surface area contributed by atoms with E-state index in [4.69, 9.17) is 4.74 Å². The van der Waals surface area contributed by atoms with E-state index in [2.05, 4.69) is 34.6 Å². The standard InChI is InChI=1S/C30H25N3O2/c1-20-16-18-23(19-17-20)28-25-13-6-7-14-26(25)30(33-32-28)35-21(2)29(34)31-27-15-9-8-12-24(27)22-10-4-3-5-11-22/h3-19,21H,1-2H3,(H,31,34)/t21-/m1/s1. The molecular weight excluding hydrogens is 434 g/mol. The summed E-state index contributed by atoms with van der Waals surface area (Å²) < 4.78 is 6.03. The second-order valence-electron chi connectivity index (χ2n) is 8.43. The van der Waals surface area contributed by atoms with Crippen molar-refractivity contribution in [1.29, 1.82) is 0 Å². The van der Waals surface area contributed by atoms with Crippen molar-refractivity contribution in [3.8, 4) is 28.3 Å². The van der Waals surface area contributed by atoms with Gasteiger partial charge in [0.05, 0.1) is 0 Å². The number of carbonyl (C=O) groups is 1. The fourth-order valence-electron chi connectivity index (χ4n) is 4.01. The number of rotatable bonds is 6. The molecule has 0 radical (unpaired) electrons. The number of carbonyl (C=O) groups excluding carboxylic acids is 1. The van der Waals surface area contributed by atoms with Gasteiger partial charge >= 0.3 is 0 Å². The minimum absolute atomic E-state index is 0.262. The monoisotopic (exact) mass is 459 g/mol. The van der Waals surface area contributed by atoms with Gasteiger partial charge in [0.25, 0.3) is 5.91 Å². The van der Waals surface area contributed by atoms with Crippen LogP contribution >= 0.6 is 0 Å². The molecule has 4 aromatic carbocycles. The Labute approximate surface area is 204 Å². The summed E-state index contributed by atoms with van der Waals surface area (Å²) in [5, 5.41) is 13.5. The number of nitrogens with one attached hydrogen (secondary N) is 1. The molecule has 0 fully saturated rings. The molecule has 1 heterocycles. The number of aromatic nitrogens is 2. The summed E-state index contributed by atoms with van der Waals surface area (Å²) in [5.74, 6) is 0.0670. The largest absolute Gasteiger partial charge is 0.463 e. The fraction of sp³-hybridized carbons (Fsp3) is 0.100. The number of amides is 1. The Morgan fingerprint density at radius 2 is 1.40 bits per heavy atom. The lowest BCUT2D eigenvalue weighted by molar-refractivity contribution is -0.122. The van der Waals surface area contributed by atoms with E-state index < -0.39 is 6.10 Å². The highest BCUT2D eigenvalue weighted by atomic mass is 16.5. The smallest absolute Gasteiger partial charge is 0.265 e. The number of hydrogen-bond donors (Lipinski definition) is 1. The van der Waals surface area contributed by atoms with E-state index in [0.29, 0.717) is 5.88 Å². The molecule has 0 saturated heterocycles. The molecule has 0 unspecified atom stereocenters. The molecule has 0 aliphatic heterocycles. The second-order valence-corrected chi connectivity index (χ2v) is 8.43. The molecule has 0 saturated carbocycles. The molecule has 0 aliphatic carbocycles.